The highest BCUT2D eigenvalue weighted by Crippen LogP contribution is 2.20. The summed E-state index contributed by atoms with van der Waals surface area (Å²) in [6, 6.07) is 11.7. The minimum absolute atomic E-state index is 0.183. The van der Waals surface area contributed by atoms with Crippen LogP contribution in [-0.2, 0) is 17.8 Å². The molecule has 0 aliphatic carbocycles. The van der Waals surface area contributed by atoms with Crippen LogP contribution in [0.15, 0.2) is 47.5 Å². The Morgan fingerprint density at radius 3 is 2.50 bits per heavy atom. The Bertz CT molecular complexity index is 1300. The van der Waals surface area contributed by atoms with Gasteiger partial charge in [0.1, 0.15) is 17.7 Å². The highest BCUT2D eigenvalue weighted by Gasteiger charge is 2.23. The van der Waals surface area contributed by atoms with E-state index in [4.69, 9.17) is 14.5 Å². The fourth-order valence-electron chi connectivity index (χ4n) is 4.42. The Balaban J connectivity index is 1.57. The van der Waals surface area contributed by atoms with Gasteiger partial charge in [0.05, 0.1) is 36.9 Å². The van der Waals surface area contributed by atoms with E-state index in [1.54, 1.807) is 11.7 Å². The van der Waals surface area contributed by atoms with E-state index >= 15 is 0 Å². The van der Waals surface area contributed by atoms with Crippen LogP contribution in [0.2, 0.25) is 0 Å². The number of hydrogen-bond donors (Lipinski definition) is 0. The summed E-state index contributed by atoms with van der Waals surface area (Å²) in [7, 11) is 1.63. The second-order valence-electron chi connectivity index (χ2n) is 8.34. The van der Waals surface area contributed by atoms with Crippen molar-refractivity contribution in [3.05, 3.63) is 64.5 Å². The van der Waals surface area contributed by atoms with Gasteiger partial charge in [0.25, 0.3) is 0 Å². The highest BCUT2D eigenvalue weighted by atomic mass is 16.5. The lowest BCUT2D eigenvalue weighted by Gasteiger charge is -2.35. The second kappa shape index (κ2) is 8.33. The molecule has 4 aromatic rings. The third-order valence-corrected chi connectivity index (χ3v) is 5.77. The van der Waals surface area contributed by atoms with Crippen LogP contribution in [0, 0.1) is 0 Å². The Morgan fingerprint density at radius 1 is 1.03 bits per heavy atom. The number of morpholine rings is 1. The van der Waals surface area contributed by atoms with Crippen molar-refractivity contribution in [3.8, 4) is 5.75 Å². The van der Waals surface area contributed by atoms with Crippen LogP contribution in [0.25, 0.3) is 16.7 Å². The Hall–Kier alpha value is -3.30. The van der Waals surface area contributed by atoms with Crippen molar-refractivity contribution in [1.29, 1.82) is 0 Å². The molecular weight excluding hydrogens is 408 g/mol. The number of nitrogens with zero attached hydrogens (tertiary/aromatic N) is 6. The Morgan fingerprint density at radius 2 is 1.78 bits per heavy atom. The van der Waals surface area contributed by atoms with E-state index in [2.05, 4.69) is 28.8 Å². The van der Waals surface area contributed by atoms with Gasteiger partial charge in [0, 0.05) is 19.6 Å². The topological polar surface area (TPSA) is 86.8 Å². The summed E-state index contributed by atoms with van der Waals surface area (Å²) in [6.07, 6.45) is 1.77. The van der Waals surface area contributed by atoms with E-state index in [-0.39, 0.29) is 17.9 Å². The highest BCUT2D eigenvalue weighted by molar-refractivity contribution is 5.88. The molecule has 2 atom stereocenters. The maximum absolute atomic E-state index is 13.3. The molecule has 0 saturated carbocycles. The Labute approximate surface area is 185 Å². The number of methoxy groups -OCH3 is 1. The van der Waals surface area contributed by atoms with Gasteiger partial charge in [-0.1, -0.05) is 12.1 Å². The number of rotatable bonds is 5. The number of aromatic nitrogens is 5. The number of pyridine rings is 1. The fourth-order valence-corrected chi connectivity index (χ4v) is 4.42. The number of benzene rings is 1. The van der Waals surface area contributed by atoms with Gasteiger partial charge in [-0.05, 0) is 43.7 Å². The van der Waals surface area contributed by atoms with Gasteiger partial charge in [-0.25, -0.2) is 14.8 Å². The van der Waals surface area contributed by atoms with Gasteiger partial charge in [-0.3, -0.25) is 9.47 Å². The zero-order valence-electron chi connectivity index (χ0n) is 18.4. The second-order valence-corrected chi connectivity index (χ2v) is 8.34. The average Bonchev–Trinajstić information content (AvgIpc) is 3.27. The van der Waals surface area contributed by atoms with Crippen molar-refractivity contribution in [2.45, 2.75) is 39.1 Å². The normalized spacial score (nSPS) is 19.6. The summed E-state index contributed by atoms with van der Waals surface area (Å²) in [6.45, 7) is 6.95. The molecule has 1 aromatic carbocycles. The van der Waals surface area contributed by atoms with Gasteiger partial charge in [0.15, 0.2) is 5.65 Å². The summed E-state index contributed by atoms with van der Waals surface area (Å²) in [4.78, 5) is 24.8. The van der Waals surface area contributed by atoms with Crippen LogP contribution >= 0.6 is 0 Å². The molecule has 1 aliphatic rings. The Kier molecular flexibility index (Phi) is 5.36. The van der Waals surface area contributed by atoms with E-state index in [0.29, 0.717) is 24.4 Å². The lowest BCUT2D eigenvalue weighted by Crippen LogP contribution is -2.44. The van der Waals surface area contributed by atoms with E-state index in [1.165, 1.54) is 10.8 Å². The predicted octanol–water partition coefficient (Wildman–Crippen LogP) is 2.11. The van der Waals surface area contributed by atoms with Crippen LogP contribution < -0.4 is 10.4 Å². The molecule has 5 rings (SSSR count). The molecular formula is C23H26N6O3. The van der Waals surface area contributed by atoms with Gasteiger partial charge in [0.2, 0.25) is 0 Å². The molecule has 32 heavy (non-hydrogen) atoms. The van der Waals surface area contributed by atoms with Crippen molar-refractivity contribution >= 4 is 16.7 Å². The molecule has 0 amide bonds. The van der Waals surface area contributed by atoms with Gasteiger partial charge < -0.3 is 9.47 Å². The van der Waals surface area contributed by atoms with Crippen LogP contribution in [0.5, 0.6) is 5.75 Å². The van der Waals surface area contributed by atoms with Crippen molar-refractivity contribution in [2.75, 3.05) is 20.2 Å². The van der Waals surface area contributed by atoms with Crippen molar-refractivity contribution in [1.82, 2.24) is 29.0 Å². The molecule has 9 heteroatoms. The summed E-state index contributed by atoms with van der Waals surface area (Å²) in [5, 5.41) is 4.93. The quantitative estimate of drug-likeness (QED) is 0.475. The van der Waals surface area contributed by atoms with Crippen LogP contribution in [0.4, 0.5) is 0 Å². The first-order valence-corrected chi connectivity index (χ1v) is 10.7. The first kappa shape index (κ1) is 20.6. The van der Waals surface area contributed by atoms with Gasteiger partial charge in [-0.2, -0.15) is 9.61 Å². The molecule has 3 aromatic heterocycles. The molecule has 1 saturated heterocycles. The molecule has 1 fully saturated rings. The smallest absolute Gasteiger partial charge is 0.352 e. The molecule has 9 nitrogen and oxygen atoms in total. The van der Waals surface area contributed by atoms with Gasteiger partial charge >= 0.3 is 5.69 Å². The number of ether oxygens (including phenoxy) is 2. The zero-order valence-corrected chi connectivity index (χ0v) is 18.4. The van der Waals surface area contributed by atoms with Crippen LogP contribution in [0.3, 0.4) is 0 Å². The van der Waals surface area contributed by atoms with E-state index in [1.807, 2.05) is 36.4 Å². The monoisotopic (exact) mass is 434 g/mol. The lowest BCUT2D eigenvalue weighted by molar-refractivity contribution is -0.0707. The summed E-state index contributed by atoms with van der Waals surface area (Å²) >= 11 is 0. The van der Waals surface area contributed by atoms with E-state index < -0.39 is 0 Å². The number of hydrogen-bond acceptors (Lipinski definition) is 7. The first-order valence-electron chi connectivity index (χ1n) is 10.7. The largest absolute Gasteiger partial charge is 0.497 e. The van der Waals surface area contributed by atoms with E-state index in [9.17, 15) is 4.79 Å². The van der Waals surface area contributed by atoms with Crippen LogP contribution in [-0.4, -0.2) is 61.5 Å². The molecule has 2 unspecified atom stereocenters. The zero-order chi connectivity index (χ0) is 22.2. The maximum atomic E-state index is 13.3. The van der Waals surface area contributed by atoms with Crippen molar-refractivity contribution in [3.63, 3.8) is 0 Å². The third kappa shape index (κ3) is 3.85. The van der Waals surface area contributed by atoms with Crippen molar-refractivity contribution < 1.29 is 9.47 Å². The summed E-state index contributed by atoms with van der Waals surface area (Å²) in [5.74, 6) is 0.770. The SMILES string of the molecule is COc1ccc(Cn2c(=O)n3ncnc3c3ccc(CN4CC(C)OC(C)C4)nc32)cc1. The van der Waals surface area contributed by atoms with E-state index in [0.717, 1.165) is 35.5 Å². The molecule has 166 valence electrons. The molecule has 4 heterocycles. The first-order chi connectivity index (χ1) is 15.5. The molecule has 0 bridgehead atoms. The number of fused-ring (bicyclic) bond motifs is 3. The molecule has 0 N–H and O–H groups in total. The van der Waals surface area contributed by atoms with Crippen LogP contribution in [0.1, 0.15) is 25.1 Å². The average molecular weight is 435 g/mol. The van der Waals surface area contributed by atoms with Crippen molar-refractivity contribution in [2.24, 2.45) is 0 Å². The minimum Gasteiger partial charge on any atom is -0.497 e. The maximum Gasteiger partial charge on any atom is 0.352 e. The molecule has 1 aliphatic heterocycles. The fraction of sp³-hybridized carbons (Fsp3) is 0.391. The summed E-state index contributed by atoms with van der Waals surface area (Å²) < 4.78 is 14.1. The lowest BCUT2D eigenvalue weighted by atomic mass is 10.2. The summed E-state index contributed by atoms with van der Waals surface area (Å²) in [5.41, 5.74) is 2.74. The standard InChI is InChI=1S/C23H26N6O3/c1-15-10-27(11-16(2)32-15)13-18-6-9-20-21-24-14-25-29(21)23(30)28(22(20)26-18)12-17-4-7-19(31-3)8-5-17/h4-9,14-16H,10-13H2,1-3H3. The van der Waals surface area contributed by atoms with Gasteiger partial charge in [-0.15, -0.1) is 0 Å². The molecule has 0 spiro atoms. The minimum atomic E-state index is -0.265. The third-order valence-electron chi connectivity index (χ3n) is 5.77. The molecule has 0 radical (unpaired) electrons. The predicted molar refractivity (Wildman–Crippen MR) is 120 cm³/mol.